The van der Waals surface area contributed by atoms with Crippen LogP contribution in [-0.4, -0.2) is 67.0 Å². The Morgan fingerprint density at radius 1 is 0.560 bits per heavy atom. The van der Waals surface area contributed by atoms with Crippen LogP contribution in [0, 0.1) is 11.6 Å². The molecular formula is C32H32F2N6O6S4. The van der Waals surface area contributed by atoms with Gasteiger partial charge in [0, 0.05) is 37.1 Å². The quantitative estimate of drug-likeness (QED) is 0.0951. The molecule has 0 radical (unpaired) electrons. The first-order chi connectivity index (χ1) is 23.9. The zero-order valence-electron chi connectivity index (χ0n) is 26.4. The molecule has 0 spiro atoms. The standard InChI is InChI=1S/C32H32F2N6O6S4/c33-21-13-9-19(10-14-21)27(43)37-35-23(41)7-3-1-5-17-39-29(45)25(49-31(39)47)26-30(46)40(32(48)50-26)18-6-2-4-8-24(42)36-38-28(44)20-11-15-22(34)16-12-20/h9-16H,1-8,17-18H2,(H,35,41)(H,36,42)(H,37,43)(H,38,44). The number of rotatable bonds is 14. The Morgan fingerprint density at radius 2 is 0.920 bits per heavy atom. The van der Waals surface area contributed by atoms with Gasteiger partial charge >= 0.3 is 0 Å². The van der Waals surface area contributed by atoms with Gasteiger partial charge < -0.3 is 0 Å². The van der Waals surface area contributed by atoms with Crippen LogP contribution in [0.1, 0.15) is 72.1 Å². The van der Waals surface area contributed by atoms with Crippen molar-refractivity contribution in [2.75, 3.05) is 13.1 Å². The lowest BCUT2D eigenvalue weighted by atomic mass is 10.2. The van der Waals surface area contributed by atoms with Crippen LogP contribution in [0.3, 0.4) is 0 Å². The van der Waals surface area contributed by atoms with E-state index in [1.54, 1.807) is 0 Å². The Kier molecular flexibility index (Phi) is 14.4. The first-order valence-electron chi connectivity index (χ1n) is 15.5. The van der Waals surface area contributed by atoms with Gasteiger partial charge in [0.1, 0.15) is 20.3 Å². The van der Waals surface area contributed by atoms with Crippen molar-refractivity contribution in [3.8, 4) is 0 Å². The number of halogens is 2. The summed E-state index contributed by atoms with van der Waals surface area (Å²) in [5, 5.41) is 0. The predicted octanol–water partition coefficient (Wildman–Crippen LogP) is 4.24. The SMILES string of the molecule is O=C(CCCCCN1C(=O)C(=C2SC(=S)N(CCCCCC(=O)NNC(=O)c3ccc(F)cc3)C2=O)SC1=S)NNC(=O)c1ccc(F)cc1. The molecule has 0 saturated carbocycles. The number of amides is 6. The minimum Gasteiger partial charge on any atom is -0.293 e. The normalized spacial score (nSPS) is 15.8. The molecule has 50 heavy (non-hydrogen) atoms. The number of carbonyl (C=O) groups is 6. The number of thiocarbonyl (C=S) groups is 2. The average molecular weight is 763 g/mol. The van der Waals surface area contributed by atoms with Gasteiger partial charge in [-0.3, -0.25) is 60.3 Å². The Morgan fingerprint density at radius 3 is 1.28 bits per heavy atom. The monoisotopic (exact) mass is 762 g/mol. The summed E-state index contributed by atoms with van der Waals surface area (Å²) in [5.74, 6) is -3.65. The fourth-order valence-corrected chi connectivity index (χ4v) is 7.42. The molecule has 0 unspecified atom stereocenters. The molecule has 0 aromatic heterocycles. The fourth-order valence-electron chi connectivity index (χ4n) is 4.65. The summed E-state index contributed by atoms with van der Waals surface area (Å²) in [7, 11) is 0. The highest BCUT2D eigenvalue weighted by Gasteiger charge is 2.41. The van der Waals surface area contributed by atoms with E-state index in [9.17, 15) is 37.5 Å². The lowest BCUT2D eigenvalue weighted by Gasteiger charge is -2.14. The molecule has 2 aliphatic heterocycles. The number of benzene rings is 2. The molecule has 2 saturated heterocycles. The molecule has 2 fully saturated rings. The molecular weight excluding hydrogens is 731 g/mol. The molecule has 0 aliphatic carbocycles. The van der Waals surface area contributed by atoms with Crippen LogP contribution < -0.4 is 21.7 Å². The molecule has 2 aromatic carbocycles. The van der Waals surface area contributed by atoms with Crippen molar-refractivity contribution >= 4 is 92.0 Å². The first kappa shape index (κ1) is 38.5. The second-order valence-electron chi connectivity index (χ2n) is 10.9. The molecule has 4 rings (SSSR count). The van der Waals surface area contributed by atoms with Crippen LogP contribution in [0.4, 0.5) is 8.78 Å². The van der Waals surface area contributed by atoms with Crippen LogP contribution in [0.5, 0.6) is 0 Å². The largest absolute Gasteiger partial charge is 0.293 e. The van der Waals surface area contributed by atoms with Gasteiger partial charge in [0.25, 0.3) is 23.6 Å². The maximum Gasteiger partial charge on any atom is 0.269 e. The van der Waals surface area contributed by atoms with Crippen molar-refractivity contribution in [3.05, 3.63) is 81.1 Å². The highest BCUT2D eigenvalue weighted by atomic mass is 32.2. The topological polar surface area (TPSA) is 157 Å². The minimum atomic E-state index is -0.572. The summed E-state index contributed by atoms with van der Waals surface area (Å²) >= 11 is 12.9. The van der Waals surface area contributed by atoms with E-state index >= 15 is 0 Å². The summed E-state index contributed by atoms with van der Waals surface area (Å²) in [6.45, 7) is 0.613. The minimum absolute atomic E-state index is 0.134. The summed E-state index contributed by atoms with van der Waals surface area (Å²) in [6, 6.07) is 9.76. The van der Waals surface area contributed by atoms with E-state index in [-0.39, 0.29) is 45.6 Å². The molecule has 0 atom stereocenters. The van der Waals surface area contributed by atoms with Crippen molar-refractivity contribution in [1.82, 2.24) is 31.5 Å². The van der Waals surface area contributed by atoms with Gasteiger partial charge in [0.15, 0.2) is 0 Å². The van der Waals surface area contributed by atoms with Crippen LogP contribution in [0.2, 0.25) is 0 Å². The number of thioether (sulfide) groups is 2. The Hall–Kier alpha value is -4.26. The van der Waals surface area contributed by atoms with E-state index in [0.29, 0.717) is 60.3 Å². The predicted molar refractivity (Wildman–Crippen MR) is 192 cm³/mol. The molecule has 18 heteroatoms. The Balaban J connectivity index is 1.12. The van der Waals surface area contributed by atoms with E-state index in [4.69, 9.17) is 24.4 Å². The van der Waals surface area contributed by atoms with E-state index in [0.717, 1.165) is 47.8 Å². The summed E-state index contributed by atoms with van der Waals surface area (Å²) < 4.78 is 26.7. The fraction of sp³-hybridized carbons (Fsp3) is 0.312. The van der Waals surface area contributed by atoms with Gasteiger partial charge in [0.05, 0.1) is 9.81 Å². The third-order valence-corrected chi connectivity index (χ3v) is 10.3. The Bertz CT molecular complexity index is 1580. The number of hydrogen-bond acceptors (Lipinski definition) is 10. The second kappa shape index (κ2) is 18.7. The van der Waals surface area contributed by atoms with Gasteiger partial charge in [-0.05, 0) is 74.2 Å². The van der Waals surface area contributed by atoms with E-state index in [1.807, 2.05) is 0 Å². The van der Waals surface area contributed by atoms with Crippen molar-refractivity contribution in [2.45, 2.75) is 51.4 Å². The third kappa shape index (κ3) is 10.9. The Labute approximate surface area is 305 Å². The third-order valence-electron chi connectivity index (χ3n) is 7.32. The van der Waals surface area contributed by atoms with E-state index in [2.05, 4.69) is 21.7 Å². The van der Waals surface area contributed by atoms with Gasteiger partial charge in [-0.15, -0.1) is 0 Å². The summed E-state index contributed by atoms with van der Waals surface area (Å²) in [6.07, 6.45) is 3.54. The summed E-state index contributed by atoms with van der Waals surface area (Å²) in [4.78, 5) is 77.9. The second-order valence-corrected chi connectivity index (χ2v) is 14.2. The molecule has 264 valence electrons. The smallest absolute Gasteiger partial charge is 0.269 e. The summed E-state index contributed by atoms with van der Waals surface area (Å²) in [5.41, 5.74) is 9.57. The number of carbonyl (C=O) groups excluding carboxylic acids is 6. The van der Waals surface area contributed by atoms with E-state index < -0.39 is 35.3 Å². The van der Waals surface area contributed by atoms with Crippen molar-refractivity contribution < 1.29 is 37.5 Å². The van der Waals surface area contributed by atoms with Crippen LogP contribution in [0.25, 0.3) is 0 Å². The van der Waals surface area contributed by atoms with Gasteiger partial charge in [-0.2, -0.15) is 0 Å². The van der Waals surface area contributed by atoms with Gasteiger partial charge in [0.2, 0.25) is 11.8 Å². The number of nitrogens with zero attached hydrogens (tertiary/aromatic N) is 2. The lowest BCUT2D eigenvalue weighted by Crippen LogP contribution is -2.41. The van der Waals surface area contributed by atoms with Crippen molar-refractivity contribution in [2.24, 2.45) is 0 Å². The number of hydrogen-bond donors (Lipinski definition) is 4. The molecule has 2 aliphatic rings. The van der Waals surface area contributed by atoms with Gasteiger partial charge in [-0.1, -0.05) is 60.8 Å². The van der Waals surface area contributed by atoms with Crippen LogP contribution >= 0.6 is 48.0 Å². The number of hydrazine groups is 2. The molecule has 0 bridgehead atoms. The maximum absolute atomic E-state index is 13.2. The molecule has 2 heterocycles. The molecule has 4 N–H and O–H groups in total. The molecule has 12 nitrogen and oxygen atoms in total. The van der Waals surface area contributed by atoms with Crippen LogP contribution in [0.15, 0.2) is 58.3 Å². The van der Waals surface area contributed by atoms with Gasteiger partial charge in [-0.25, -0.2) is 8.78 Å². The van der Waals surface area contributed by atoms with Crippen LogP contribution in [-0.2, 0) is 19.2 Å². The highest BCUT2D eigenvalue weighted by molar-refractivity contribution is 8.29. The molecule has 6 amide bonds. The highest BCUT2D eigenvalue weighted by Crippen LogP contribution is 2.42. The van der Waals surface area contributed by atoms with Crippen molar-refractivity contribution in [3.63, 3.8) is 0 Å². The average Bonchev–Trinajstić information content (AvgIpc) is 3.54. The molecule has 2 aromatic rings. The zero-order valence-corrected chi connectivity index (χ0v) is 29.7. The van der Waals surface area contributed by atoms with Crippen molar-refractivity contribution in [1.29, 1.82) is 0 Å². The first-order valence-corrected chi connectivity index (χ1v) is 17.9. The maximum atomic E-state index is 13.2. The number of unbranched alkanes of at least 4 members (excludes halogenated alkanes) is 4. The lowest BCUT2D eigenvalue weighted by molar-refractivity contribution is -0.124. The zero-order chi connectivity index (χ0) is 36.2. The van der Waals surface area contributed by atoms with E-state index in [1.165, 1.54) is 34.1 Å². The number of nitrogens with one attached hydrogen (secondary N) is 4.